The van der Waals surface area contributed by atoms with Gasteiger partial charge in [0.15, 0.2) is 0 Å². The Balaban J connectivity index is 1.25. The minimum atomic E-state index is -0.312. The first-order valence-electron chi connectivity index (χ1n) is 10.0. The van der Waals surface area contributed by atoms with Crippen LogP contribution in [0, 0.1) is 17.0 Å². The number of carbonyl (C=O) groups is 1. The number of anilines is 1. The van der Waals surface area contributed by atoms with E-state index in [1.54, 1.807) is 24.3 Å². The molecule has 1 N–H and O–H groups in total. The fourth-order valence-corrected chi connectivity index (χ4v) is 4.66. The quantitative estimate of drug-likeness (QED) is 0.687. The van der Waals surface area contributed by atoms with Crippen LogP contribution >= 0.6 is 0 Å². The molecule has 2 aliphatic rings. The van der Waals surface area contributed by atoms with Crippen LogP contribution in [0.1, 0.15) is 29.6 Å². The highest BCUT2D eigenvalue weighted by Crippen LogP contribution is 2.54. The van der Waals surface area contributed by atoms with Gasteiger partial charge >= 0.3 is 0 Å². The summed E-state index contributed by atoms with van der Waals surface area (Å²) in [5.74, 6) is -0.669. The molecule has 0 bridgehead atoms. The molecule has 1 saturated heterocycles. The van der Waals surface area contributed by atoms with Crippen molar-refractivity contribution in [3.63, 3.8) is 0 Å². The first kappa shape index (κ1) is 18.1. The molecule has 2 fully saturated rings. The van der Waals surface area contributed by atoms with Gasteiger partial charge in [-0.1, -0.05) is 24.3 Å². The molecule has 1 aliphatic heterocycles. The molecule has 3 aromatic carbocycles. The number of piperidine rings is 1. The van der Waals surface area contributed by atoms with E-state index in [0.717, 1.165) is 38.0 Å². The fraction of sp³-hybridized carbons (Fsp3) is 0.292. The summed E-state index contributed by atoms with van der Waals surface area (Å²) < 4.78 is 27.2. The molecule has 5 rings (SSSR count). The summed E-state index contributed by atoms with van der Waals surface area (Å²) in [5.41, 5.74) is 1.72. The van der Waals surface area contributed by atoms with Gasteiger partial charge in [-0.05, 0) is 66.5 Å². The lowest BCUT2D eigenvalue weighted by molar-refractivity contribution is 0.0945. The van der Waals surface area contributed by atoms with E-state index in [1.165, 1.54) is 18.2 Å². The van der Waals surface area contributed by atoms with Crippen molar-refractivity contribution in [3.8, 4) is 0 Å². The standard InChI is InChI=1S/C24H22F2N2O/c25-16-5-7-17(8-6-16)28-13-11-24(12-14-28)15-22(24)27-23(29)20-9-10-21(26)19-4-2-1-3-18(19)20/h1-10,22H,11-15H2,(H,27,29). The van der Waals surface area contributed by atoms with Gasteiger partial charge in [0.2, 0.25) is 0 Å². The first-order chi connectivity index (χ1) is 14.1. The van der Waals surface area contributed by atoms with Crippen molar-refractivity contribution < 1.29 is 13.6 Å². The fourth-order valence-electron chi connectivity index (χ4n) is 4.66. The van der Waals surface area contributed by atoms with Gasteiger partial charge < -0.3 is 10.2 Å². The zero-order valence-corrected chi connectivity index (χ0v) is 16.0. The average Bonchev–Trinajstić information content (AvgIpc) is 3.40. The molecule has 29 heavy (non-hydrogen) atoms. The Morgan fingerprint density at radius 3 is 2.34 bits per heavy atom. The van der Waals surface area contributed by atoms with Crippen molar-refractivity contribution in [1.82, 2.24) is 5.32 Å². The van der Waals surface area contributed by atoms with E-state index in [-0.39, 0.29) is 29.0 Å². The summed E-state index contributed by atoms with van der Waals surface area (Å²) >= 11 is 0. The monoisotopic (exact) mass is 392 g/mol. The summed E-state index contributed by atoms with van der Waals surface area (Å²) in [5, 5.41) is 4.29. The van der Waals surface area contributed by atoms with Crippen LogP contribution in [0.15, 0.2) is 60.7 Å². The highest BCUT2D eigenvalue weighted by Gasteiger charge is 2.55. The molecule has 3 nitrogen and oxygen atoms in total. The number of nitrogens with one attached hydrogen (secondary N) is 1. The number of halogens is 2. The maximum atomic E-state index is 14.0. The second-order valence-electron chi connectivity index (χ2n) is 8.20. The summed E-state index contributed by atoms with van der Waals surface area (Å²) in [6, 6.07) is 16.8. The normalized spacial score (nSPS) is 20.1. The lowest BCUT2D eigenvalue weighted by Crippen LogP contribution is -2.38. The summed E-state index contributed by atoms with van der Waals surface area (Å²) in [4.78, 5) is 15.2. The van der Waals surface area contributed by atoms with Gasteiger partial charge in [-0.2, -0.15) is 0 Å². The predicted octanol–water partition coefficient (Wildman–Crippen LogP) is 4.91. The third-order valence-corrected chi connectivity index (χ3v) is 6.56. The van der Waals surface area contributed by atoms with Gasteiger partial charge in [-0.25, -0.2) is 8.78 Å². The molecule has 3 aromatic rings. The molecule has 0 aromatic heterocycles. The largest absolute Gasteiger partial charge is 0.371 e. The van der Waals surface area contributed by atoms with E-state index in [1.807, 2.05) is 18.2 Å². The van der Waals surface area contributed by atoms with Crippen molar-refractivity contribution in [2.24, 2.45) is 5.41 Å². The number of benzene rings is 3. The summed E-state index contributed by atoms with van der Waals surface area (Å²) in [7, 11) is 0. The molecule has 148 valence electrons. The van der Waals surface area contributed by atoms with E-state index in [4.69, 9.17) is 0 Å². The number of fused-ring (bicyclic) bond motifs is 1. The first-order valence-corrected chi connectivity index (χ1v) is 10.0. The molecule has 0 radical (unpaired) electrons. The Morgan fingerprint density at radius 1 is 0.931 bits per heavy atom. The van der Waals surface area contributed by atoms with Gasteiger partial charge in [0.05, 0.1) is 0 Å². The molecular formula is C24H22F2N2O. The Labute approximate surface area is 168 Å². The van der Waals surface area contributed by atoms with Crippen LogP contribution < -0.4 is 10.2 Å². The second kappa shape index (κ2) is 6.83. The zero-order chi connectivity index (χ0) is 20.0. The highest BCUT2D eigenvalue weighted by atomic mass is 19.1. The number of carbonyl (C=O) groups excluding carboxylic acids is 1. The Hall–Kier alpha value is -2.95. The minimum Gasteiger partial charge on any atom is -0.371 e. The Kier molecular flexibility index (Phi) is 4.26. The molecule has 1 spiro atoms. The van der Waals surface area contributed by atoms with Crippen molar-refractivity contribution in [1.29, 1.82) is 0 Å². The molecule has 1 aliphatic carbocycles. The second-order valence-corrected chi connectivity index (χ2v) is 8.20. The van der Waals surface area contributed by atoms with Crippen LogP contribution in [-0.2, 0) is 0 Å². The third-order valence-electron chi connectivity index (χ3n) is 6.56. The van der Waals surface area contributed by atoms with Crippen LogP contribution in [0.25, 0.3) is 10.8 Å². The topological polar surface area (TPSA) is 32.3 Å². The lowest BCUT2D eigenvalue weighted by Gasteiger charge is -2.34. The number of hydrogen-bond donors (Lipinski definition) is 1. The van der Waals surface area contributed by atoms with Gasteiger partial charge in [-0.3, -0.25) is 4.79 Å². The van der Waals surface area contributed by atoms with Crippen LogP contribution in [0.5, 0.6) is 0 Å². The van der Waals surface area contributed by atoms with Crippen LogP contribution in [-0.4, -0.2) is 25.0 Å². The molecule has 1 unspecified atom stereocenters. The number of amides is 1. The SMILES string of the molecule is O=C(NC1CC12CCN(c1ccc(F)cc1)CC2)c1ccc(F)c2ccccc12. The van der Waals surface area contributed by atoms with Crippen molar-refractivity contribution in [2.45, 2.75) is 25.3 Å². The molecule has 5 heteroatoms. The minimum absolute atomic E-state index is 0.135. The molecular weight excluding hydrogens is 370 g/mol. The highest BCUT2D eigenvalue weighted by molar-refractivity contribution is 6.07. The van der Waals surface area contributed by atoms with Crippen molar-refractivity contribution in [2.75, 3.05) is 18.0 Å². The van der Waals surface area contributed by atoms with Crippen molar-refractivity contribution in [3.05, 3.63) is 77.9 Å². The van der Waals surface area contributed by atoms with E-state index in [9.17, 15) is 13.6 Å². The zero-order valence-electron chi connectivity index (χ0n) is 16.0. The number of rotatable bonds is 3. The van der Waals surface area contributed by atoms with E-state index in [0.29, 0.717) is 16.3 Å². The third kappa shape index (κ3) is 3.24. The van der Waals surface area contributed by atoms with Gasteiger partial charge in [-0.15, -0.1) is 0 Å². The maximum absolute atomic E-state index is 14.0. The van der Waals surface area contributed by atoms with Gasteiger partial charge in [0, 0.05) is 35.8 Å². The molecule has 1 saturated carbocycles. The Morgan fingerprint density at radius 2 is 1.62 bits per heavy atom. The molecule has 1 amide bonds. The van der Waals surface area contributed by atoms with E-state index in [2.05, 4.69) is 10.2 Å². The molecule has 1 atom stereocenters. The van der Waals surface area contributed by atoms with Crippen LogP contribution in [0.4, 0.5) is 14.5 Å². The lowest BCUT2D eigenvalue weighted by atomic mass is 9.92. The Bertz CT molecular complexity index is 1070. The van der Waals surface area contributed by atoms with E-state index < -0.39 is 0 Å². The maximum Gasteiger partial charge on any atom is 0.252 e. The average molecular weight is 392 g/mol. The van der Waals surface area contributed by atoms with Crippen LogP contribution in [0.2, 0.25) is 0 Å². The smallest absolute Gasteiger partial charge is 0.252 e. The predicted molar refractivity (Wildman–Crippen MR) is 110 cm³/mol. The molecule has 1 heterocycles. The van der Waals surface area contributed by atoms with Crippen LogP contribution in [0.3, 0.4) is 0 Å². The summed E-state index contributed by atoms with van der Waals surface area (Å²) in [6.07, 6.45) is 2.98. The van der Waals surface area contributed by atoms with Crippen molar-refractivity contribution >= 4 is 22.4 Å². The van der Waals surface area contributed by atoms with Gasteiger partial charge in [0.1, 0.15) is 11.6 Å². The number of hydrogen-bond acceptors (Lipinski definition) is 2. The number of nitrogens with zero attached hydrogens (tertiary/aromatic N) is 1. The summed E-state index contributed by atoms with van der Waals surface area (Å²) in [6.45, 7) is 1.80. The van der Waals surface area contributed by atoms with Gasteiger partial charge in [0.25, 0.3) is 5.91 Å². The van der Waals surface area contributed by atoms with E-state index >= 15 is 0 Å².